The number of rotatable bonds is 9. The monoisotopic (exact) mass is 450 g/mol. The van der Waals surface area contributed by atoms with Crippen LogP contribution in [0.3, 0.4) is 0 Å². The fourth-order valence-corrected chi connectivity index (χ4v) is 2.79. The first-order valence-corrected chi connectivity index (χ1v) is 9.90. The van der Waals surface area contributed by atoms with Gasteiger partial charge >= 0.3 is 0 Å². The van der Waals surface area contributed by atoms with E-state index >= 15 is 0 Å². The van der Waals surface area contributed by atoms with Crippen LogP contribution in [0, 0.1) is 5.82 Å². The van der Waals surface area contributed by atoms with Crippen LogP contribution < -0.4 is 10.1 Å². The highest BCUT2D eigenvalue weighted by Crippen LogP contribution is 2.17. The van der Waals surface area contributed by atoms with Crippen LogP contribution in [0.2, 0.25) is 0 Å². The van der Waals surface area contributed by atoms with Crippen LogP contribution in [-0.2, 0) is 16.1 Å². The van der Waals surface area contributed by atoms with Crippen molar-refractivity contribution in [2.24, 2.45) is 0 Å². The lowest BCUT2D eigenvalue weighted by Gasteiger charge is -2.28. The molecule has 150 valence electrons. The van der Waals surface area contributed by atoms with E-state index in [4.69, 9.17) is 4.74 Å². The molecule has 1 atom stereocenters. The Morgan fingerprint density at radius 2 is 1.79 bits per heavy atom. The van der Waals surface area contributed by atoms with Crippen LogP contribution in [0.15, 0.2) is 53.0 Å². The number of amides is 2. The second-order valence-corrected chi connectivity index (χ2v) is 7.27. The molecule has 0 saturated heterocycles. The van der Waals surface area contributed by atoms with Gasteiger partial charge < -0.3 is 15.0 Å². The highest BCUT2D eigenvalue weighted by atomic mass is 79.9. The van der Waals surface area contributed by atoms with Crippen molar-refractivity contribution in [1.29, 1.82) is 0 Å². The molecule has 0 radical (unpaired) electrons. The summed E-state index contributed by atoms with van der Waals surface area (Å²) in [5.74, 6) is -0.359. The fraction of sp³-hybridized carbons (Fsp3) is 0.333. The van der Waals surface area contributed by atoms with Gasteiger partial charge in [-0.1, -0.05) is 35.0 Å². The Kier molecular flexibility index (Phi) is 8.44. The van der Waals surface area contributed by atoms with Gasteiger partial charge in [-0.25, -0.2) is 4.39 Å². The zero-order valence-electron chi connectivity index (χ0n) is 16.0. The molecule has 2 rings (SSSR count). The zero-order chi connectivity index (χ0) is 20.5. The van der Waals surface area contributed by atoms with Crippen molar-refractivity contribution in [3.8, 4) is 5.75 Å². The molecule has 0 saturated carbocycles. The maximum absolute atomic E-state index is 13.2. The molecule has 2 aromatic rings. The van der Waals surface area contributed by atoms with Crippen LogP contribution in [0.5, 0.6) is 5.75 Å². The number of carbonyl (C=O) groups excluding carboxylic acids is 2. The van der Waals surface area contributed by atoms with Crippen molar-refractivity contribution >= 4 is 27.7 Å². The van der Waals surface area contributed by atoms with E-state index in [0.717, 1.165) is 16.5 Å². The number of benzene rings is 2. The van der Waals surface area contributed by atoms with Crippen molar-refractivity contribution < 1.29 is 18.7 Å². The summed E-state index contributed by atoms with van der Waals surface area (Å²) in [4.78, 5) is 26.6. The van der Waals surface area contributed by atoms with E-state index in [1.54, 1.807) is 31.2 Å². The zero-order valence-corrected chi connectivity index (χ0v) is 17.5. The molecule has 0 unspecified atom stereocenters. The molecule has 0 aliphatic carbocycles. The van der Waals surface area contributed by atoms with Crippen molar-refractivity contribution in [2.75, 3.05) is 13.2 Å². The molecule has 0 aliphatic rings. The minimum absolute atomic E-state index is 0.184. The van der Waals surface area contributed by atoms with Gasteiger partial charge in [-0.3, -0.25) is 9.59 Å². The number of hydrogen-bond donors (Lipinski definition) is 1. The molecule has 1 N–H and O–H groups in total. The number of carbonyl (C=O) groups is 2. The Balaban J connectivity index is 2.10. The number of ether oxygens (including phenoxy) is 1. The summed E-state index contributed by atoms with van der Waals surface area (Å²) < 4.78 is 19.7. The Bertz CT molecular complexity index is 781. The number of halogens is 2. The molecular formula is C21H24BrFN2O3. The first-order chi connectivity index (χ1) is 13.4. The molecule has 0 aliphatic heterocycles. The quantitative estimate of drug-likeness (QED) is 0.629. The molecule has 0 spiro atoms. The van der Waals surface area contributed by atoms with Crippen molar-refractivity contribution in [1.82, 2.24) is 10.2 Å². The molecule has 2 aromatic carbocycles. The first kappa shape index (κ1) is 21.9. The van der Waals surface area contributed by atoms with Gasteiger partial charge in [-0.2, -0.15) is 0 Å². The second-order valence-electron chi connectivity index (χ2n) is 6.36. The summed E-state index contributed by atoms with van der Waals surface area (Å²) in [6, 6.07) is 12.3. The number of nitrogens with one attached hydrogen (secondary N) is 1. The van der Waals surface area contributed by atoms with E-state index < -0.39 is 6.04 Å². The van der Waals surface area contributed by atoms with E-state index in [1.807, 2.05) is 19.1 Å². The lowest BCUT2D eigenvalue weighted by molar-refractivity contribution is -0.142. The predicted molar refractivity (Wildman–Crippen MR) is 109 cm³/mol. The Morgan fingerprint density at radius 3 is 2.39 bits per heavy atom. The van der Waals surface area contributed by atoms with Gasteiger partial charge in [0.2, 0.25) is 5.91 Å². The van der Waals surface area contributed by atoms with Crippen molar-refractivity contribution in [2.45, 2.75) is 32.9 Å². The largest absolute Gasteiger partial charge is 0.484 e. The third-order valence-electron chi connectivity index (χ3n) is 4.16. The van der Waals surface area contributed by atoms with Gasteiger partial charge in [-0.05, 0) is 55.3 Å². The normalized spacial score (nSPS) is 11.6. The molecule has 2 amide bonds. The molecular weight excluding hydrogens is 427 g/mol. The Hall–Kier alpha value is -2.41. The topological polar surface area (TPSA) is 58.6 Å². The van der Waals surface area contributed by atoms with Gasteiger partial charge in [0.1, 0.15) is 17.6 Å². The summed E-state index contributed by atoms with van der Waals surface area (Å²) in [7, 11) is 0. The molecule has 28 heavy (non-hydrogen) atoms. The van der Waals surface area contributed by atoms with Crippen LogP contribution in [0.25, 0.3) is 0 Å². The highest BCUT2D eigenvalue weighted by molar-refractivity contribution is 9.10. The van der Waals surface area contributed by atoms with Gasteiger partial charge in [0.15, 0.2) is 6.61 Å². The third kappa shape index (κ3) is 6.64. The molecule has 0 aromatic heterocycles. The van der Waals surface area contributed by atoms with E-state index in [0.29, 0.717) is 12.3 Å². The molecule has 0 bridgehead atoms. The summed E-state index contributed by atoms with van der Waals surface area (Å²) >= 11 is 3.34. The minimum Gasteiger partial charge on any atom is -0.484 e. The third-order valence-corrected chi connectivity index (χ3v) is 4.69. The maximum atomic E-state index is 13.2. The molecule has 5 nitrogen and oxygen atoms in total. The number of hydrogen-bond acceptors (Lipinski definition) is 3. The Labute approximate surface area is 173 Å². The highest BCUT2D eigenvalue weighted by Gasteiger charge is 2.26. The summed E-state index contributed by atoms with van der Waals surface area (Å²) in [5, 5.41) is 2.80. The van der Waals surface area contributed by atoms with Gasteiger partial charge in [0.05, 0.1) is 0 Å². The van der Waals surface area contributed by atoms with Crippen molar-refractivity contribution in [3.63, 3.8) is 0 Å². The standard InChI is InChI=1S/C21H24BrFN2O3/c1-3-12-24-21(27)15(2)25(13-16-4-8-18(23)9-5-16)20(26)14-28-19-10-6-17(22)7-11-19/h4-11,15H,3,12-14H2,1-2H3,(H,24,27)/t15-/m1/s1. The van der Waals surface area contributed by atoms with Gasteiger partial charge in [0.25, 0.3) is 5.91 Å². The van der Waals surface area contributed by atoms with Crippen molar-refractivity contribution in [3.05, 3.63) is 64.4 Å². The summed E-state index contributed by atoms with van der Waals surface area (Å²) in [5.41, 5.74) is 0.730. The lowest BCUT2D eigenvalue weighted by Crippen LogP contribution is -2.49. The average molecular weight is 451 g/mol. The van der Waals surface area contributed by atoms with Crippen LogP contribution >= 0.6 is 15.9 Å². The maximum Gasteiger partial charge on any atom is 0.261 e. The molecule has 0 fully saturated rings. The van der Waals surface area contributed by atoms with E-state index in [2.05, 4.69) is 21.2 Å². The number of nitrogens with zero attached hydrogens (tertiary/aromatic N) is 1. The SMILES string of the molecule is CCCNC(=O)[C@@H](C)N(Cc1ccc(F)cc1)C(=O)COc1ccc(Br)cc1. The van der Waals surface area contributed by atoms with E-state index in [9.17, 15) is 14.0 Å². The van der Waals surface area contributed by atoms with Crippen LogP contribution in [-0.4, -0.2) is 35.9 Å². The van der Waals surface area contributed by atoms with Crippen LogP contribution in [0.4, 0.5) is 4.39 Å². The fourth-order valence-electron chi connectivity index (χ4n) is 2.52. The lowest BCUT2D eigenvalue weighted by atomic mass is 10.1. The van der Waals surface area contributed by atoms with Gasteiger partial charge in [-0.15, -0.1) is 0 Å². The first-order valence-electron chi connectivity index (χ1n) is 9.10. The van der Waals surface area contributed by atoms with Crippen LogP contribution in [0.1, 0.15) is 25.8 Å². The summed E-state index contributed by atoms with van der Waals surface area (Å²) in [6.45, 7) is 4.15. The van der Waals surface area contributed by atoms with E-state index in [1.165, 1.54) is 17.0 Å². The van der Waals surface area contributed by atoms with Gasteiger partial charge in [0, 0.05) is 17.6 Å². The summed E-state index contributed by atoms with van der Waals surface area (Å²) in [6.07, 6.45) is 0.803. The smallest absolute Gasteiger partial charge is 0.261 e. The minimum atomic E-state index is -0.683. The predicted octanol–water partition coefficient (Wildman–Crippen LogP) is 3.91. The molecule has 7 heteroatoms. The molecule has 0 heterocycles. The average Bonchev–Trinajstić information content (AvgIpc) is 2.70. The Morgan fingerprint density at radius 1 is 1.14 bits per heavy atom. The van der Waals surface area contributed by atoms with E-state index in [-0.39, 0.29) is 30.8 Å². The second kappa shape index (κ2) is 10.8.